The second-order valence-electron chi connectivity index (χ2n) is 2.73. The molecule has 0 spiro atoms. The average Bonchev–Trinajstić information content (AvgIpc) is 2.22. The molecule has 0 unspecified atom stereocenters. The predicted molar refractivity (Wildman–Crippen MR) is 47.7 cm³/mol. The Morgan fingerprint density at radius 2 is 2.00 bits per heavy atom. The summed E-state index contributed by atoms with van der Waals surface area (Å²) in [6.45, 7) is 0. The first kappa shape index (κ1) is 11.8. The van der Waals surface area contributed by atoms with Crippen LogP contribution in [0.15, 0.2) is 12.1 Å². The monoisotopic (exact) mass is 227 g/mol. The lowest BCUT2D eigenvalue weighted by atomic mass is 10.1. The number of carboxylic acids is 1. The highest BCUT2D eigenvalue weighted by atomic mass is 19.2. The first-order valence-corrected chi connectivity index (χ1v) is 3.96. The van der Waals surface area contributed by atoms with E-state index < -0.39 is 34.5 Å². The fourth-order valence-corrected chi connectivity index (χ4v) is 0.998. The number of nitriles is 1. The molecule has 0 atom stereocenters. The van der Waals surface area contributed by atoms with Crippen molar-refractivity contribution in [2.75, 3.05) is 0 Å². The zero-order valence-electron chi connectivity index (χ0n) is 7.67. The first-order chi connectivity index (χ1) is 7.47. The third-order valence-electron chi connectivity index (χ3n) is 1.70. The second-order valence-corrected chi connectivity index (χ2v) is 2.73. The highest BCUT2D eigenvalue weighted by molar-refractivity contribution is 5.85. The van der Waals surface area contributed by atoms with Crippen molar-refractivity contribution in [3.05, 3.63) is 40.7 Å². The molecule has 3 nitrogen and oxygen atoms in total. The Balaban J connectivity index is 3.35. The van der Waals surface area contributed by atoms with Crippen LogP contribution in [-0.2, 0) is 4.79 Å². The summed E-state index contributed by atoms with van der Waals surface area (Å²) in [5, 5.41) is 16.6. The summed E-state index contributed by atoms with van der Waals surface area (Å²) >= 11 is 0. The van der Waals surface area contributed by atoms with Crippen molar-refractivity contribution in [3.63, 3.8) is 0 Å². The SMILES string of the molecule is N#Cc1c(F)cc(/C=C/C(=O)O)c(F)c1F. The van der Waals surface area contributed by atoms with Crippen LogP contribution in [0.5, 0.6) is 0 Å². The van der Waals surface area contributed by atoms with E-state index >= 15 is 0 Å². The van der Waals surface area contributed by atoms with Crippen LogP contribution in [0.25, 0.3) is 6.08 Å². The largest absolute Gasteiger partial charge is 0.478 e. The Kier molecular flexibility index (Phi) is 3.30. The van der Waals surface area contributed by atoms with Crippen LogP contribution >= 0.6 is 0 Å². The molecule has 82 valence electrons. The zero-order chi connectivity index (χ0) is 12.3. The third kappa shape index (κ3) is 2.20. The number of rotatable bonds is 2. The minimum Gasteiger partial charge on any atom is -0.478 e. The van der Waals surface area contributed by atoms with Crippen molar-refractivity contribution in [3.8, 4) is 6.07 Å². The Morgan fingerprint density at radius 3 is 2.50 bits per heavy atom. The Bertz CT molecular complexity index is 518. The van der Waals surface area contributed by atoms with Gasteiger partial charge in [0, 0.05) is 11.6 Å². The number of hydrogen-bond donors (Lipinski definition) is 1. The van der Waals surface area contributed by atoms with Gasteiger partial charge in [0.05, 0.1) is 0 Å². The average molecular weight is 227 g/mol. The Morgan fingerprint density at radius 1 is 1.38 bits per heavy atom. The molecule has 0 radical (unpaired) electrons. The van der Waals surface area contributed by atoms with E-state index in [1.54, 1.807) is 0 Å². The van der Waals surface area contributed by atoms with Gasteiger partial charge in [0.1, 0.15) is 17.4 Å². The number of nitrogens with zero attached hydrogens (tertiary/aromatic N) is 1. The van der Waals surface area contributed by atoms with Gasteiger partial charge in [-0.05, 0) is 12.1 Å². The highest BCUT2D eigenvalue weighted by Crippen LogP contribution is 2.20. The molecule has 0 saturated carbocycles. The molecule has 0 heterocycles. The van der Waals surface area contributed by atoms with Crippen molar-refractivity contribution >= 4 is 12.0 Å². The van der Waals surface area contributed by atoms with Gasteiger partial charge in [-0.1, -0.05) is 0 Å². The van der Waals surface area contributed by atoms with E-state index in [1.165, 1.54) is 6.07 Å². The van der Waals surface area contributed by atoms with Crippen LogP contribution in [0.1, 0.15) is 11.1 Å². The smallest absolute Gasteiger partial charge is 0.328 e. The molecule has 0 aliphatic rings. The van der Waals surface area contributed by atoms with E-state index in [0.29, 0.717) is 18.2 Å². The van der Waals surface area contributed by atoms with E-state index in [9.17, 15) is 18.0 Å². The van der Waals surface area contributed by atoms with Gasteiger partial charge >= 0.3 is 5.97 Å². The third-order valence-corrected chi connectivity index (χ3v) is 1.70. The van der Waals surface area contributed by atoms with Crippen molar-refractivity contribution in [1.29, 1.82) is 5.26 Å². The molecule has 0 bridgehead atoms. The number of hydrogen-bond acceptors (Lipinski definition) is 2. The lowest BCUT2D eigenvalue weighted by Crippen LogP contribution is -1.98. The molecule has 0 aliphatic heterocycles. The lowest BCUT2D eigenvalue weighted by molar-refractivity contribution is -0.131. The minimum absolute atomic E-state index is 0.531. The molecule has 1 rings (SSSR count). The van der Waals surface area contributed by atoms with E-state index in [4.69, 9.17) is 10.4 Å². The number of carbonyl (C=O) groups is 1. The molecule has 1 N–H and O–H groups in total. The van der Waals surface area contributed by atoms with Gasteiger partial charge in [0.25, 0.3) is 0 Å². The summed E-state index contributed by atoms with van der Waals surface area (Å²) in [5.74, 6) is -5.72. The summed E-state index contributed by atoms with van der Waals surface area (Å²) < 4.78 is 39.2. The highest BCUT2D eigenvalue weighted by Gasteiger charge is 2.17. The molecule has 0 fully saturated rings. The van der Waals surface area contributed by atoms with Crippen molar-refractivity contribution in [1.82, 2.24) is 0 Å². The summed E-state index contributed by atoms with van der Waals surface area (Å²) in [6, 6.07) is 1.72. The number of aliphatic carboxylic acids is 1. The molecule has 0 aromatic heterocycles. The number of halogens is 3. The Hall–Kier alpha value is -2.29. The fraction of sp³-hybridized carbons (Fsp3) is 0. The van der Waals surface area contributed by atoms with E-state index in [2.05, 4.69) is 0 Å². The molecule has 6 heteroatoms. The summed E-state index contributed by atoms with van der Waals surface area (Å²) in [6.07, 6.45) is 1.23. The molecular weight excluding hydrogens is 223 g/mol. The van der Waals surface area contributed by atoms with Gasteiger partial charge in [-0.2, -0.15) is 5.26 Å². The van der Waals surface area contributed by atoms with Crippen molar-refractivity contribution in [2.24, 2.45) is 0 Å². The number of benzene rings is 1. The molecule has 1 aromatic rings. The van der Waals surface area contributed by atoms with Crippen LogP contribution in [0.2, 0.25) is 0 Å². The molecule has 16 heavy (non-hydrogen) atoms. The molecule has 1 aromatic carbocycles. The second kappa shape index (κ2) is 4.49. The predicted octanol–water partition coefficient (Wildman–Crippen LogP) is 2.07. The quantitative estimate of drug-likeness (QED) is 0.621. The number of carboxylic acid groups (broad SMARTS) is 1. The fourth-order valence-electron chi connectivity index (χ4n) is 0.998. The normalized spacial score (nSPS) is 10.4. The van der Waals surface area contributed by atoms with Crippen molar-refractivity contribution < 1.29 is 23.1 Å². The molecule has 0 saturated heterocycles. The maximum Gasteiger partial charge on any atom is 0.328 e. The van der Waals surface area contributed by atoms with Gasteiger partial charge in [0.2, 0.25) is 0 Å². The standard InChI is InChI=1S/C10H4F3NO2/c11-7-3-5(1-2-8(15)16)9(12)10(13)6(7)4-14/h1-3H,(H,15,16)/b2-1+. The van der Waals surface area contributed by atoms with Gasteiger partial charge in [0.15, 0.2) is 11.6 Å². The van der Waals surface area contributed by atoms with E-state index in [-0.39, 0.29) is 0 Å². The van der Waals surface area contributed by atoms with Gasteiger partial charge in [-0.15, -0.1) is 0 Å². The van der Waals surface area contributed by atoms with Gasteiger partial charge in [-0.25, -0.2) is 18.0 Å². The Labute approximate surface area is 88.0 Å². The van der Waals surface area contributed by atoms with Gasteiger partial charge < -0.3 is 5.11 Å². The summed E-state index contributed by atoms with van der Waals surface area (Å²) in [7, 11) is 0. The summed E-state index contributed by atoms with van der Waals surface area (Å²) in [4.78, 5) is 10.1. The molecule has 0 amide bonds. The maximum absolute atomic E-state index is 13.1. The maximum atomic E-state index is 13.1. The van der Waals surface area contributed by atoms with E-state index in [0.717, 1.165) is 0 Å². The topological polar surface area (TPSA) is 61.1 Å². The minimum atomic E-state index is -1.63. The van der Waals surface area contributed by atoms with Crippen LogP contribution in [0, 0.1) is 28.8 Å². The van der Waals surface area contributed by atoms with Gasteiger partial charge in [-0.3, -0.25) is 0 Å². The lowest BCUT2D eigenvalue weighted by Gasteiger charge is -2.01. The zero-order valence-corrected chi connectivity index (χ0v) is 7.67. The van der Waals surface area contributed by atoms with Crippen LogP contribution in [0.3, 0.4) is 0 Å². The van der Waals surface area contributed by atoms with Crippen LogP contribution in [0.4, 0.5) is 13.2 Å². The van der Waals surface area contributed by atoms with Crippen LogP contribution < -0.4 is 0 Å². The molecule has 0 aliphatic carbocycles. The van der Waals surface area contributed by atoms with Crippen molar-refractivity contribution in [2.45, 2.75) is 0 Å². The first-order valence-electron chi connectivity index (χ1n) is 3.96. The summed E-state index contributed by atoms with van der Waals surface area (Å²) in [5.41, 5.74) is -1.61. The molecular formula is C10H4F3NO2. The van der Waals surface area contributed by atoms with E-state index in [1.807, 2.05) is 0 Å². The van der Waals surface area contributed by atoms with Crippen LogP contribution in [-0.4, -0.2) is 11.1 Å².